The van der Waals surface area contributed by atoms with Crippen LogP contribution in [0.2, 0.25) is 5.02 Å². The predicted molar refractivity (Wildman–Crippen MR) is 69.5 cm³/mol. The first-order valence-corrected chi connectivity index (χ1v) is 5.73. The summed E-state index contributed by atoms with van der Waals surface area (Å²) in [5.41, 5.74) is 6.65. The molecular weight excluding hydrogens is 254 g/mol. The lowest BCUT2D eigenvalue weighted by atomic mass is 10.3. The van der Waals surface area contributed by atoms with Gasteiger partial charge in [0.2, 0.25) is 0 Å². The van der Waals surface area contributed by atoms with Gasteiger partial charge in [-0.2, -0.15) is 5.10 Å². The summed E-state index contributed by atoms with van der Waals surface area (Å²) in [6.07, 6.45) is 4.62. The minimum atomic E-state index is -0.408. The van der Waals surface area contributed by atoms with Crippen molar-refractivity contribution in [3.05, 3.63) is 35.4 Å². The van der Waals surface area contributed by atoms with Crippen LogP contribution in [0.15, 0.2) is 24.7 Å². The first-order valence-electron chi connectivity index (χ1n) is 5.35. The molecule has 0 aliphatic heterocycles. The van der Waals surface area contributed by atoms with Gasteiger partial charge < -0.3 is 11.1 Å². The maximum absolute atomic E-state index is 12.0. The number of carbonyl (C=O) groups excluding carboxylic acids is 1. The fourth-order valence-electron chi connectivity index (χ4n) is 1.43. The van der Waals surface area contributed by atoms with Crippen LogP contribution in [0.5, 0.6) is 0 Å². The number of aryl methyl sites for hydroxylation is 1. The Morgan fingerprint density at radius 1 is 1.61 bits per heavy atom. The zero-order chi connectivity index (χ0) is 13.1. The topological polar surface area (TPSA) is 85.8 Å². The highest BCUT2D eigenvalue weighted by Gasteiger charge is 2.15. The molecular formula is C11H12ClN5O. The number of halogens is 1. The van der Waals surface area contributed by atoms with Gasteiger partial charge in [-0.25, -0.2) is 0 Å². The molecule has 0 spiro atoms. The molecule has 18 heavy (non-hydrogen) atoms. The van der Waals surface area contributed by atoms with Crippen molar-refractivity contribution < 1.29 is 4.79 Å². The zero-order valence-corrected chi connectivity index (χ0v) is 10.5. The van der Waals surface area contributed by atoms with Gasteiger partial charge in [-0.15, -0.1) is 0 Å². The van der Waals surface area contributed by atoms with Crippen LogP contribution < -0.4 is 11.1 Å². The highest BCUT2D eigenvalue weighted by atomic mass is 35.5. The van der Waals surface area contributed by atoms with Gasteiger partial charge in [-0.1, -0.05) is 11.6 Å². The van der Waals surface area contributed by atoms with Crippen LogP contribution in [0.3, 0.4) is 0 Å². The molecule has 3 N–H and O–H groups in total. The molecule has 0 atom stereocenters. The molecule has 94 valence electrons. The number of nitrogens with one attached hydrogen (secondary N) is 1. The summed E-state index contributed by atoms with van der Waals surface area (Å²) in [5.74, 6) is -0.408. The first kappa shape index (κ1) is 12.4. The highest BCUT2D eigenvalue weighted by Crippen LogP contribution is 2.20. The van der Waals surface area contributed by atoms with E-state index in [1.165, 1.54) is 12.4 Å². The molecule has 0 aliphatic rings. The van der Waals surface area contributed by atoms with Gasteiger partial charge in [0.05, 0.1) is 22.6 Å². The van der Waals surface area contributed by atoms with E-state index in [0.717, 1.165) is 0 Å². The molecule has 2 rings (SSSR count). The van der Waals surface area contributed by atoms with E-state index < -0.39 is 5.91 Å². The average Bonchev–Trinajstić information content (AvgIpc) is 2.73. The number of anilines is 2. The first-order chi connectivity index (χ1) is 8.61. The van der Waals surface area contributed by atoms with Crippen LogP contribution in [0.4, 0.5) is 11.4 Å². The molecule has 0 bridgehead atoms. The van der Waals surface area contributed by atoms with Gasteiger partial charge >= 0.3 is 0 Å². The summed E-state index contributed by atoms with van der Waals surface area (Å²) >= 11 is 5.92. The number of hydrogen-bond acceptors (Lipinski definition) is 4. The van der Waals surface area contributed by atoms with Gasteiger partial charge in [0, 0.05) is 18.9 Å². The molecule has 2 aromatic rings. The number of nitrogens with two attached hydrogens (primary N) is 1. The monoisotopic (exact) mass is 265 g/mol. The van der Waals surface area contributed by atoms with E-state index in [2.05, 4.69) is 15.4 Å². The number of aromatic nitrogens is 3. The lowest BCUT2D eigenvalue weighted by Gasteiger charge is -2.04. The number of amides is 1. The standard InChI is InChI=1S/C11H12ClN5O/c1-2-17-6-8(13)10(16-17)11(18)15-9-5-14-4-3-7(9)12/h3-6H,2,13H2,1H3,(H,15,18). The molecule has 0 saturated carbocycles. The lowest BCUT2D eigenvalue weighted by Crippen LogP contribution is -2.15. The minimum Gasteiger partial charge on any atom is -0.396 e. The van der Waals surface area contributed by atoms with Crippen molar-refractivity contribution in [1.29, 1.82) is 0 Å². The number of hydrogen-bond donors (Lipinski definition) is 2. The Morgan fingerprint density at radius 2 is 2.39 bits per heavy atom. The van der Waals surface area contributed by atoms with Crippen molar-refractivity contribution in [1.82, 2.24) is 14.8 Å². The summed E-state index contributed by atoms with van der Waals surface area (Å²) in [6, 6.07) is 1.59. The number of carbonyl (C=O) groups is 1. The number of pyridine rings is 1. The second kappa shape index (κ2) is 5.05. The van der Waals surface area contributed by atoms with E-state index in [4.69, 9.17) is 17.3 Å². The van der Waals surface area contributed by atoms with Crippen molar-refractivity contribution >= 4 is 28.9 Å². The molecule has 0 aliphatic carbocycles. The van der Waals surface area contributed by atoms with Crippen molar-refractivity contribution in [2.75, 3.05) is 11.1 Å². The van der Waals surface area contributed by atoms with Crippen molar-refractivity contribution in [3.63, 3.8) is 0 Å². The molecule has 0 aromatic carbocycles. The van der Waals surface area contributed by atoms with E-state index in [1.54, 1.807) is 16.9 Å². The fraction of sp³-hybridized carbons (Fsp3) is 0.182. The number of nitrogen functional groups attached to an aromatic ring is 1. The third kappa shape index (κ3) is 2.43. The highest BCUT2D eigenvalue weighted by molar-refractivity contribution is 6.33. The van der Waals surface area contributed by atoms with Crippen LogP contribution in [0.25, 0.3) is 0 Å². The Kier molecular flexibility index (Phi) is 3.47. The third-order valence-electron chi connectivity index (χ3n) is 2.35. The fourth-order valence-corrected chi connectivity index (χ4v) is 1.58. The molecule has 2 heterocycles. The predicted octanol–water partition coefficient (Wildman–Crippen LogP) is 1.79. The quantitative estimate of drug-likeness (QED) is 0.886. The molecule has 0 saturated heterocycles. The van der Waals surface area contributed by atoms with Crippen LogP contribution in [0, 0.1) is 0 Å². The summed E-state index contributed by atoms with van der Waals surface area (Å²) in [5, 5.41) is 7.09. The van der Waals surface area contributed by atoms with Crippen molar-refractivity contribution in [2.24, 2.45) is 0 Å². The summed E-state index contributed by atoms with van der Waals surface area (Å²) in [4.78, 5) is 15.8. The molecule has 6 nitrogen and oxygen atoms in total. The van der Waals surface area contributed by atoms with E-state index >= 15 is 0 Å². The van der Waals surface area contributed by atoms with E-state index in [1.807, 2.05) is 6.92 Å². The Hall–Kier alpha value is -2.08. The van der Waals surface area contributed by atoms with Crippen molar-refractivity contribution in [2.45, 2.75) is 13.5 Å². The molecule has 0 radical (unpaired) electrons. The normalized spacial score (nSPS) is 10.3. The molecule has 0 unspecified atom stereocenters. The van der Waals surface area contributed by atoms with E-state index in [-0.39, 0.29) is 5.69 Å². The van der Waals surface area contributed by atoms with Gasteiger partial charge in [0.25, 0.3) is 5.91 Å². The smallest absolute Gasteiger partial charge is 0.278 e. The second-order valence-corrected chi connectivity index (χ2v) is 4.01. The Morgan fingerprint density at radius 3 is 3.00 bits per heavy atom. The largest absolute Gasteiger partial charge is 0.396 e. The SMILES string of the molecule is CCn1cc(N)c(C(=O)Nc2cnccc2Cl)n1. The zero-order valence-electron chi connectivity index (χ0n) is 9.72. The molecule has 1 amide bonds. The Bertz CT molecular complexity index is 581. The average molecular weight is 266 g/mol. The maximum atomic E-state index is 12.0. The Balaban J connectivity index is 2.22. The molecule has 0 fully saturated rings. The van der Waals surface area contributed by atoms with Gasteiger partial charge in [0.15, 0.2) is 5.69 Å². The van der Waals surface area contributed by atoms with Gasteiger partial charge in [-0.3, -0.25) is 14.5 Å². The van der Waals surface area contributed by atoms with E-state index in [0.29, 0.717) is 22.9 Å². The minimum absolute atomic E-state index is 0.178. The molecule has 7 heteroatoms. The molecule has 2 aromatic heterocycles. The Labute approximate surface area is 109 Å². The maximum Gasteiger partial charge on any atom is 0.278 e. The summed E-state index contributed by atoms with van der Waals surface area (Å²) in [6.45, 7) is 2.55. The van der Waals surface area contributed by atoms with Crippen LogP contribution in [-0.2, 0) is 6.54 Å². The number of rotatable bonds is 3. The van der Waals surface area contributed by atoms with E-state index in [9.17, 15) is 4.79 Å². The summed E-state index contributed by atoms with van der Waals surface area (Å²) in [7, 11) is 0. The summed E-state index contributed by atoms with van der Waals surface area (Å²) < 4.78 is 1.59. The lowest BCUT2D eigenvalue weighted by molar-refractivity contribution is 0.102. The van der Waals surface area contributed by atoms with Gasteiger partial charge in [-0.05, 0) is 13.0 Å². The second-order valence-electron chi connectivity index (χ2n) is 3.60. The van der Waals surface area contributed by atoms with Crippen LogP contribution in [0.1, 0.15) is 17.4 Å². The van der Waals surface area contributed by atoms with Gasteiger partial charge in [0.1, 0.15) is 0 Å². The van der Waals surface area contributed by atoms with Crippen molar-refractivity contribution in [3.8, 4) is 0 Å². The number of nitrogens with zero attached hydrogens (tertiary/aromatic N) is 3. The van der Waals surface area contributed by atoms with Crippen LogP contribution >= 0.6 is 11.6 Å². The van der Waals surface area contributed by atoms with Crippen LogP contribution in [-0.4, -0.2) is 20.7 Å². The third-order valence-corrected chi connectivity index (χ3v) is 2.67.